The van der Waals surface area contributed by atoms with Gasteiger partial charge in [-0.05, 0) is 33.2 Å². The van der Waals surface area contributed by atoms with Crippen molar-refractivity contribution in [3.05, 3.63) is 0 Å². The summed E-state index contributed by atoms with van der Waals surface area (Å²) in [5.41, 5.74) is 0. The molecule has 0 saturated heterocycles. The molecule has 0 bridgehead atoms. The maximum Gasteiger partial charge on any atom is 0.315 e. The molecule has 1 unspecified atom stereocenters. The monoisotopic (exact) mass is 185 g/mol. The molecular weight excluding hydrogens is 166 g/mol. The lowest BCUT2D eigenvalue weighted by Crippen LogP contribution is -2.48. The van der Waals surface area contributed by atoms with Crippen molar-refractivity contribution in [2.75, 3.05) is 13.6 Å². The van der Waals surface area contributed by atoms with Gasteiger partial charge in [0.25, 0.3) is 0 Å². The first-order valence-electron chi connectivity index (χ1n) is 4.94. The van der Waals surface area contributed by atoms with Crippen LogP contribution >= 0.6 is 0 Å². The predicted octanol–water partition coefficient (Wildman–Crippen LogP) is 0.446. The summed E-state index contributed by atoms with van der Waals surface area (Å²) in [4.78, 5) is 11.2. The molecule has 76 valence electrons. The van der Waals surface area contributed by atoms with E-state index in [1.165, 1.54) is 6.42 Å². The fraction of sp³-hybridized carbons (Fsp3) is 0.889. The third-order valence-electron chi connectivity index (χ3n) is 2.50. The predicted molar refractivity (Wildman–Crippen MR) is 52.7 cm³/mol. The van der Waals surface area contributed by atoms with Crippen LogP contribution in [0.3, 0.4) is 0 Å². The van der Waals surface area contributed by atoms with E-state index in [-0.39, 0.29) is 6.03 Å². The third kappa shape index (κ3) is 3.63. The fourth-order valence-corrected chi connectivity index (χ4v) is 1.14. The highest BCUT2D eigenvalue weighted by molar-refractivity contribution is 5.74. The Bertz CT molecular complexity index is 168. The van der Waals surface area contributed by atoms with E-state index < -0.39 is 0 Å². The maximum atomic E-state index is 11.2. The summed E-state index contributed by atoms with van der Waals surface area (Å²) in [6.07, 6.45) is 3.52. The van der Waals surface area contributed by atoms with Crippen LogP contribution in [0.5, 0.6) is 0 Å². The van der Waals surface area contributed by atoms with Gasteiger partial charge in [0.2, 0.25) is 0 Å². The zero-order valence-corrected chi connectivity index (χ0v) is 8.39. The Morgan fingerprint density at radius 1 is 1.54 bits per heavy atom. The van der Waals surface area contributed by atoms with Crippen molar-refractivity contribution in [1.82, 2.24) is 16.0 Å². The van der Waals surface area contributed by atoms with Crippen molar-refractivity contribution in [2.24, 2.45) is 0 Å². The SMILES string of the molecule is CNC(C)CNC(=O)NC1CCC1. The van der Waals surface area contributed by atoms with Crippen LogP contribution in [0.15, 0.2) is 0 Å². The Hall–Kier alpha value is -0.770. The van der Waals surface area contributed by atoms with E-state index in [1.807, 2.05) is 14.0 Å². The number of urea groups is 1. The molecule has 4 nitrogen and oxygen atoms in total. The summed E-state index contributed by atoms with van der Waals surface area (Å²) in [6, 6.07) is 0.712. The first kappa shape index (κ1) is 10.3. The van der Waals surface area contributed by atoms with E-state index in [0.717, 1.165) is 12.8 Å². The zero-order chi connectivity index (χ0) is 9.68. The summed E-state index contributed by atoms with van der Waals surface area (Å²) in [6.45, 7) is 2.71. The number of hydrogen-bond acceptors (Lipinski definition) is 2. The van der Waals surface area contributed by atoms with Gasteiger partial charge in [0.1, 0.15) is 0 Å². The molecule has 4 heteroatoms. The van der Waals surface area contributed by atoms with Crippen LogP contribution < -0.4 is 16.0 Å². The van der Waals surface area contributed by atoms with Crippen LogP contribution in [0.4, 0.5) is 4.79 Å². The fourth-order valence-electron chi connectivity index (χ4n) is 1.14. The molecule has 0 aromatic carbocycles. The third-order valence-corrected chi connectivity index (χ3v) is 2.50. The molecule has 0 aromatic heterocycles. The summed E-state index contributed by atoms with van der Waals surface area (Å²) >= 11 is 0. The van der Waals surface area contributed by atoms with Gasteiger partial charge in [-0.15, -0.1) is 0 Å². The molecule has 0 aliphatic heterocycles. The Morgan fingerprint density at radius 3 is 2.69 bits per heavy atom. The van der Waals surface area contributed by atoms with E-state index in [2.05, 4.69) is 16.0 Å². The minimum Gasteiger partial charge on any atom is -0.337 e. The lowest BCUT2D eigenvalue weighted by atomic mass is 9.93. The van der Waals surface area contributed by atoms with Crippen LogP contribution in [0.2, 0.25) is 0 Å². The molecule has 0 radical (unpaired) electrons. The molecule has 1 aliphatic carbocycles. The van der Waals surface area contributed by atoms with Gasteiger partial charge in [-0.3, -0.25) is 0 Å². The quantitative estimate of drug-likeness (QED) is 0.595. The molecule has 0 spiro atoms. The molecule has 1 fully saturated rings. The first-order chi connectivity index (χ1) is 6.22. The van der Waals surface area contributed by atoms with Crippen LogP contribution in [0.25, 0.3) is 0 Å². The van der Waals surface area contributed by atoms with Crippen molar-refractivity contribution in [3.8, 4) is 0 Å². The first-order valence-corrected chi connectivity index (χ1v) is 4.94. The zero-order valence-electron chi connectivity index (χ0n) is 8.39. The molecule has 0 aromatic rings. The molecule has 3 N–H and O–H groups in total. The normalized spacial score (nSPS) is 18.9. The maximum absolute atomic E-state index is 11.2. The standard InChI is InChI=1S/C9H19N3O/c1-7(10-2)6-11-9(13)12-8-4-3-5-8/h7-8,10H,3-6H2,1-2H3,(H2,11,12,13). The van der Waals surface area contributed by atoms with Gasteiger partial charge >= 0.3 is 6.03 Å². The van der Waals surface area contributed by atoms with E-state index in [9.17, 15) is 4.79 Å². The average Bonchev–Trinajstić information content (AvgIpc) is 2.07. The number of carbonyl (C=O) groups is 1. The molecule has 1 atom stereocenters. The summed E-state index contributed by atoms with van der Waals surface area (Å²) in [5, 5.41) is 8.80. The van der Waals surface area contributed by atoms with E-state index in [1.54, 1.807) is 0 Å². The largest absolute Gasteiger partial charge is 0.337 e. The Kier molecular flexibility index (Phi) is 4.02. The Balaban J connectivity index is 2.03. The van der Waals surface area contributed by atoms with Crippen molar-refractivity contribution in [2.45, 2.75) is 38.3 Å². The Morgan fingerprint density at radius 2 is 2.23 bits per heavy atom. The second kappa shape index (κ2) is 5.07. The van der Waals surface area contributed by atoms with Crippen molar-refractivity contribution < 1.29 is 4.79 Å². The highest BCUT2D eigenvalue weighted by Gasteiger charge is 2.18. The number of amides is 2. The van der Waals surface area contributed by atoms with Gasteiger partial charge < -0.3 is 16.0 Å². The molecule has 1 aliphatic rings. The summed E-state index contributed by atoms with van der Waals surface area (Å²) < 4.78 is 0. The summed E-state index contributed by atoms with van der Waals surface area (Å²) in [7, 11) is 1.89. The van der Waals surface area contributed by atoms with Crippen LogP contribution in [-0.2, 0) is 0 Å². The smallest absolute Gasteiger partial charge is 0.315 e. The van der Waals surface area contributed by atoms with Gasteiger partial charge in [0, 0.05) is 18.6 Å². The van der Waals surface area contributed by atoms with Gasteiger partial charge in [0.15, 0.2) is 0 Å². The minimum atomic E-state index is -0.0354. The molecule has 1 rings (SSSR count). The average molecular weight is 185 g/mol. The molecule has 13 heavy (non-hydrogen) atoms. The van der Waals surface area contributed by atoms with E-state index in [4.69, 9.17) is 0 Å². The number of rotatable bonds is 4. The van der Waals surface area contributed by atoms with Crippen LogP contribution in [0, 0.1) is 0 Å². The second-order valence-electron chi connectivity index (χ2n) is 3.67. The van der Waals surface area contributed by atoms with Gasteiger partial charge in [-0.2, -0.15) is 0 Å². The number of hydrogen-bond donors (Lipinski definition) is 3. The number of likely N-dealkylation sites (N-methyl/N-ethyl adjacent to an activating group) is 1. The van der Waals surface area contributed by atoms with Crippen LogP contribution in [-0.4, -0.2) is 31.7 Å². The van der Waals surface area contributed by atoms with Crippen molar-refractivity contribution >= 4 is 6.03 Å². The van der Waals surface area contributed by atoms with Crippen molar-refractivity contribution in [1.29, 1.82) is 0 Å². The summed E-state index contributed by atoms with van der Waals surface area (Å²) in [5.74, 6) is 0. The molecule has 1 saturated carbocycles. The van der Waals surface area contributed by atoms with Gasteiger partial charge in [-0.25, -0.2) is 4.79 Å². The molecular formula is C9H19N3O. The highest BCUT2D eigenvalue weighted by Crippen LogP contribution is 2.17. The lowest BCUT2D eigenvalue weighted by Gasteiger charge is -2.26. The van der Waals surface area contributed by atoms with Crippen molar-refractivity contribution in [3.63, 3.8) is 0 Å². The van der Waals surface area contributed by atoms with Gasteiger partial charge in [-0.1, -0.05) is 0 Å². The van der Waals surface area contributed by atoms with E-state index >= 15 is 0 Å². The van der Waals surface area contributed by atoms with E-state index in [0.29, 0.717) is 18.6 Å². The minimum absolute atomic E-state index is 0.0354. The Labute approximate surface area is 79.5 Å². The second-order valence-corrected chi connectivity index (χ2v) is 3.67. The highest BCUT2D eigenvalue weighted by atomic mass is 16.2. The van der Waals surface area contributed by atoms with Gasteiger partial charge in [0.05, 0.1) is 0 Å². The number of carbonyl (C=O) groups excluding carboxylic acids is 1. The topological polar surface area (TPSA) is 53.2 Å². The molecule has 0 heterocycles. The number of nitrogens with one attached hydrogen (secondary N) is 3. The van der Waals surface area contributed by atoms with Crippen LogP contribution in [0.1, 0.15) is 26.2 Å². The molecule has 2 amide bonds. The lowest BCUT2D eigenvalue weighted by molar-refractivity contribution is 0.227.